The fraction of sp³-hybridized carbons (Fsp3) is 0.105. The number of benzene rings is 2. The van der Waals surface area contributed by atoms with Crippen molar-refractivity contribution in [2.24, 2.45) is 0 Å². The van der Waals surface area contributed by atoms with E-state index in [0.29, 0.717) is 11.5 Å². The Hall–Kier alpha value is -2.46. The molecule has 3 nitrogen and oxygen atoms in total. The maximum absolute atomic E-state index is 12.7. The molecule has 0 atom stereocenters. The number of thioether (sulfide) groups is 1. The van der Waals surface area contributed by atoms with Gasteiger partial charge in [-0.1, -0.05) is 36.4 Å². The molecule has 4 heteroatoms. The molecule has 1 heterocycles. The quantitative estimate of drug-likeness (QED) is 0.629. The predicted molar refractivity (Wildman–Crippen MR) is 93.9 cm³/mol. The van der Waals surface area contributed by atoms with Crippen molar-refractivity contribution in [1.82, 2.24) is 0 Å². The van der Waals surface area contributed by atoms with E-state index in [0.717, 1.165) is 11.3 Å². The minimum atomic E-state index is -0.134. The van der Waals surface area contributed by atoms with E-state index in [1.807, 2.05) is 54.6 Å². The predicted octanol–water partition coefficient (Wildman–Crippen LogP) is 4.85. The van der Waals surface area contributed by atoms with Crippen LogP contribution in [0.1, 0.15) is 16.1 Å². The van der Waals surface area contributed by atoms with Gasteiger partial charge in [-0.3, -0.25) is 4.79 Å². The first-order valence-corrected chi connectivity index (χ1v) is 8.31. The Morgan fingerprint density at radius 3 is 2.35 bits per heavy atom. The van der Waals surface area contributed by atoms with Crippen LogP contribution in [-0.2, 0) is 5.75 Å². The van der Waals surface area contributed by atoms with Gasteiger partial charge in [-0.2, -0.15) is 0 Å². The van der Waals surface area contributed by atoms with Gasteiger partial charge in [0.2, 0.25) is 0 Å². The van der Waals surface area contributed by atoms with Gasteiger partial charge >= 0.3 is 0 Å². The molecule has 0 saturated heterocycles. The van der Waals surface area contributed by atoms with E-state index in [4.69, 9.17) is 4.42 Å². The molecular weight excluding hydrogens is 306 g/mol. The number of hydrogen-bond donors (Lipinski definition) is 0. The lowest BCUT2D eigenvalue weighted by molar-refractivity contribution is 0.0965. The Kier molecular flexibility index (Phi) is 4.83. The molecule has 0 unspecified atom stereocenters. The molecule has 3 rings (SSSR count). The lowest BCUT2D eigenvalue weighted by Crippen LogP contribution is -2.26. The lowest BCUT2D eigenvalue weighted by atomic mass is 10.2. The van der Waals surface area contributed by atoms with E-state index in [1.165, 1.54) is 4.90 Å². The van der Waals surface area contributed by atoms with E-state index >= 15 is 0 Å². The minimum absolute atomic E-state index is 0.134. The molecule has 0 N–H and O–H groups in total. The molecule has 2 aromatic carbocycles. The van der Waals surface area contributed by atoms with Crippen molar-refractivity contribution in [3.8, 4) is 0 Å². The van der Waals surface area contributed by atoms with Gasteiger partial charge in [-0.15, -0.1) is 11.8 Å². The molecule has 3 aromatic rings. The Morgan fingerprint density at radius 1 is 1.00 bits per heavy atom. The normalized spacial score (nSPS) is 10.5. The highest BCUT2D eigenvalue weighted by molar-refractivity contribution is 7.98. The SMILES string of the molecule is CN(C(=O)c1occc1CSc1ccccc1)c1ccccc1. The number of hydrogen-bond acceptors (Lipinski definition) is 3. The standard InChI is InChI=1S/C19H17NO2S/c1-20(16-8-4-2-5-9-16)19(21)18-15(12-13-22-18)14-23-17-10-6-3-7-11-17/h2-13H,14H2,1H3. The third-order valence-electron chi connectivity index (χ3n) is 3.53. The number of para-hydroxylation sites is 1. The maximum Gasteiger partial charge on any atom is 0.294 e. The molecule has 1 aromatic heterocycles. The monoisotopic (exact) mass is 323 g/mol. The summed E-state index contributed by atoms with van der Waals surface area (Å²) < 4.78 is 5.45. The van der Waals surface area contributed by atoms with Crippen LogP contribution >= 0.6 is 11.8 Å². The number of carbonyl (C=O) groups excluding carboxylic acids is 1. The molecule has 0 aliphatic rings. The highest BCUT2D eigenvalue weighted by Crippen LogP contribution is 2.26. The molecule has 0 aliphatic heterocycles. The van der Waals surface area contributed by atoms with Gasteiger partial charge in [0.15, 0.2) is 5.76 Å². The molecule has 116 valence electrons. The van der Waals surface area contributed by atoms with E-state index in [9.17, 15) is 4.79 Å². The number of furan rings is 1. The average molecular weight is 323 g/mol. The molecular formula is C19H17NO2S. The number of rotatable bonds is 5. The summed E-state index contributed by atoms with van der Waals surface area (Å²) in [7, 11) is 1.76. The van der Waals surface area contributed by atoms with Crippen LogP contribution in [0, 0.1) is 0 Å². The van der Waals surface area contributed by atoms with Crippen LogP contribution < -0.4 is 4.90 Å². The van der Waals surface area contributed by atoms with Crippen LogP contribution in [0.5, 0.6) is 0 Å². The van der Waals surface area contributed by atoms with Crippen LogP contribution in [0.25, 0.3) is 0 Å². The van der Waals surface area contributed by atoms with E-state index in [-0.39, 0.29) is 5.91 Å². The largest absolute Gasteiger partial charge is 0.459 e. The molecule has 0 spiro atoms. The van der Waals surface area contributed by atoms with Crippen molar-refractivity contribution in [2.75, 3.05) is 11.9 Å². The van der Waals surface area contributed by atoms with Crippen molar-refractivity contribution in [3.05, 3.63) is 84.3 Å². The Labute approximate surface area is 139 Å². The summed E-state index contributed by atoms with van der Waals surface area (Å²) in [4.78, 5) is 15.4. The van der Waals surface area contributed by atoms with Crippen LogP contribution in [-0.4, -0.2) is 13.0 Å². The summed E-state index contributed by atoms with van der Waals surface area (Å²) in [5.41, 5.74) is 1.75. The fourth-order valence-electron chi connectivity index (χ4n) is 2.24. The Bertz CT molecular complexity index is 768. The number of amides is 1. The van der Waals surface area contributed by atoms with Gasteiger partial charge in [0, 0.05) is 28.9 Å². The van der Waals surface area contributed by atoms with Gasteiger partial charge < -0.3 is 9.32 Å². The molecule has 0 saturated carbocycles. The van der Waals surface area contributed by atoms with Crippen LogP contribution in [0.2, 0.25) is 0 Å². The molecule has 1 amide bonds. The van der Waals surface area contributed by atoms with E-state index in [2.05, 4.69) is 12.1 Å². The van der Waals surface area contributed by atoms with Gasteiger partial charge in [-0.25, -0.2) is 0 Å². The van der Waals surface area contributed by atoms with Crippen molar-refractivity contribution < 1.29 is 9.21 Å². The molecule has 0 bridgehead atoms. The number of carbonyl (C=O) groups is 1. The third kappa shape index (κ3) is 3.66. The summed E-state index contributed by atoms with van der Waals surface area (Å²) in [6.45, 7) is 0. The Balaban J connectivity index is 1.74. The zero-order valence-corrected chi connectivity index (χ0v) is 13.6. The van der Waals surface area contributed by atoms with Crippen LogP contribution in [0.15, 0.2) is 82.3 Å². The number of anilines is 1. The highest BCUT2D eigenvalue weighted by atomic mass is 32.2. The molecule has 23 heavy (non-hydrogen) atoms. The van der Waals surface area contributed by atoms with Crippen molar-refractivity contribution in [3.63, 3.8) is 0 Å². The van der Waals surface area contributed by atoms with E-state index in [1.54, 1.807) is 30.0 Å². The van der Waals surface area contributed by atoms with Gasteiger partial charge in [0.1, 0.15) is 0 Å². The third-order valence-corrected chi connectivity index (χ3v) is 4.59. The van der Waals surface area contributed by atoms with Crippen LogP contribution in [0.3, 0.4) is 0 Å². The second kappa shape index (κ2) is 7.20. The summed E-state index contributed by atoms with van der Waals surface area (Å²) >= 11 is 1.69. The first-order valence-electron chi connectivity index (χ1n) is 7.33. The van der Waals surface area contributed by atoms with Gasteiger partial charge in [0.05, 0.1) is 6.26 Å². The maximum atomic E-state index is 12.7. The summed E-state index contributed by atoms with van der Waals surface area (Å²) in [6.07, 6.45) is 1.58. The van der Waals surface area contributed by atoms with Crippen molar-refractivity contribution in [1.29, 1.82) is 0 Å². The smallest absolute Gasteiger partial charge is 0.294 e. The molecule has 0 aliphatic carbocycles. The van der Waals surface area contributed by atoms with Crippen molar-refractivity contribution in [2.45, 2.75) is 10.6 Å². The summed E-state index contributed by atoms with van der Waals surface area (Å²) in [5, 5.41) is 0. The first-order chi connectivity index (χ1) is 11.3. The minimum Gasteiger partial charge on any atom is -0.459 e. The Morgan fingerprint density at radius 2 is 1.65 bits per heavy atom. The number of nitrogens with zero attached hydrogens (tertiary/aromatic N) is 1. The fourth-order valence-corrected chi connectivity index (χ4v) is 3.14. The second-order valence-corrected chi connectivity index (χ2v) is 6.13. The first kappa shape index (κ1) is 15.4. The van der Waals surface area contributed by atoms with Crippen LogP contribution in [0.4, 0.5) is 5.69 Å². The average Bonchev–Trinajstić information content (AvgIpc) is 3.09. The highest BCUT2D eigenvalue weighted by Gasteiger charge is 2.20. The lowest BCUT2D eigenvalue weighted by Gasteiger charge is -2.16. The topological polar surface area (TPSA) is 33.5 Å². The van der Waals surface area contributed by atoms with Gasteiger partial charge in [-0.05, 0) is 30.3 Å². The summed E-state index contributed by atoms with van der Waals surface area (Å²) in [6, 6.07) is 21.5. The van der Waals surface area contributed by atoms with Crippen molar-refractivity contribution >= 4 is 23.4 Å². The second-order valence-electron chi connectivity index (χ2n) is 5.08. The van der Waals surface area contributed by atoms with Gasteiger partial charge in [0.25, 0.3) is 5.91 Å². The summed E-state index contributed by atoms with van der Waals surface area (Å²) in [5.74, 6) is 0.967. The zero-order valence-electron chi connectivity index (χ0n) is 12.8. The molecule has 0 radical (unpaired) electrons. The van der Waals surface area contributed by atoms with E-state index < -0.39 is 0 Å². The zero-order chi connectivity index (χ0) is 16.1. The molecule has 0 fully saturated rings.